The number of ether oxygens (including phenoxy) is 2. The molecule has 0 saturated heterocycles. The molecule has 0 heterocycles. The maximum Gasteiger partial charge on any atom is 0.343 e. The molecule has 0 saturated carbocycles. The Hall–Kier alpha value is -4.42. The smallest absolute Gasteiger partial charge is 0.343 e. The van der Waals surface area contributed by atoms with Crippen LogP contribution in [0.2, 0.25) is 0 Å². The molecule has 0 unspecified atom stereocenters. The fourth-order valence-corrected chi connectivity index (χ4v) is 5.03. The third-order valence-electron chi connectivity index (χ3n) is 6.87. The van der Waals surface area contributed by atoms with E-state index in [1.807, 2.05) is 31.2 Å². The molecule has 0 aromatic heterocycles. The lowest BCUT2D eigenvalue weighted by molar-refractivity contribution is -0.385. The van der Waals surface area contributed by atoms with E-state index in [9.17, 15) is 29.8 Å². The zero-order valence-electron chi connectivity index (χ0n) is 22.2. The summed E-state index contributed by atoms with van der Waals surface area (Å²) in [6.45, 7) is 4.08. The van der Waals surface area contributed by atoms with Crippen LogP contribution in [0.1, 0.15) is 52.1 Å². The molecule has 4 aromatic rings. The third-order valence-corrected chi connectivity index (χ3v) is 8.21. The van der Waals surface area contributed by atoms with E-state index in [0.717, 1.165) is 29.7 Å². The summed E-state index contributed by atoms with van der Waals surface area (Å²) in [4.78, 5) is 46.4. The molecule has 0 fully saturated rings. The van der Waals surface area contributed by atoms with Gasteiger partial charge in [0, 0.05) is 17.5 Å². The van der Waals surface area contributed by atoms with Crippen molar-refractivity contribution in [1.82, 2.24) is 0 Å². The van der Waals surface area contributed by atoms with E-state index in [0.29, 0.717) is 0 Å². The van der Waals surface area contributed by atoms with Gasteiger partial charge in [-0.05, 0) is 97.9 Å². The standard InChI is InChI=1S/C30H22Br2N2O8/c1-3-30(2,20-6-10-22(11-7-20)41-28(35)18-4-14-24(31)26(16-18)33(37)38)21-8-12-23(13-9-21)42-29(36)19-5-15-25(32)27(17-19)34(39)40/h4-17H,3H2,1-2H3. The van der Waals surface area contributed by atoms with Crippen molar-refractivity contribution in [2.75, 3.05) is 0 Å². The maximum absolute atomic E-state index is 12.6. The first kappa shape index (κ1) is 30.5. The molecular formula is C30H22Br2N2O8. The van der Waals surface area contributed by atoms with Gasteiger partial charge in [0.2, 0.25) is 0 Å². The summed E-state index contributed by atoms with van der Waals surface area (Å²) in [7, 11) is 0. The zero-order chi connectivity index (χ0) is 30.6. The fraction of sp³-hybridized carbons (Fsp3) is 0.133. The Morgan fingerprint density at radius 2 is 1.05 bits per heavy atom. The van der Waals surface area contributed by atoms with Crippen LogP contribution in [0, 0.1) is 20.2 Å². The maximum atomic E-state index is 12.6. The van der Waals surface area contributed by atoms with Crippen molar-refractivity contribution in [2.45, 2.75) is 25.7 Å². The molecule has 42 heavy (non-hydrogen) atoms. The van der Waals surface area contributed by atoms with Crippen molar-refractivity contribution in [3.05, 3.63) is 136 Å². The van der Waals surface area contributed by atoms with Crippen LogP contribution in [0.15, 0.2) is 93.9 Å². The number of nitro benzene ring substituents is 2. The predicted octanol–water partition coefficient (Wildman–Crippen LogP) is 8.18. The molecule has 0 radical (unpaired) electrons. The number of carbonyl (C=O) groups excluding carboxylic acids is 2. The molecule has 0 N–H and O–H groups in total. The third kappa shape index (κ3) is 6.55. The zero-order valence-corrected chi connectivity index (χ0v) is 25.4. The molecular weight excluding hydrogens is 676 g/mol. The topological polar surface area (TPSA) is 139 Å². The highest BCUT2D eigenvalue weighted by atomic mass is 79.9. The second kappa shape index (κ2) is 12.6. The minimum atomic E-state index is -0.723. The van der Waals surface area contributed by atoms with Crippen molar-refractivity contribution in [1.29, 1.82) is 0 Å². The molecule has 0 aliphatic heterocycles. The van der Waals surface area contributed by atoms with Crippen molar-refractivity contribution in [3.8, 4) is 11.5 Å². The number of halogens is 2. The summed E-state index contributed by atoms with van der Waals surface area (Å²) in [6.07, 6.45) is 0.719. The SMILES string of the molecule is CCC(C)(c1ccc(OC(=O)c2ccc(Br)c([N+](=O)[O-])c2)cc1)c1ccc(OC(=O)c2ccc(Br)c([N+](=O)[O-])c2)cc1. The van der Waals surface area contributed by atoms with Crippen LogP contribution < -0.4 is 9.47 Å². The van der Waals surface area contributed by atoms with Gasteiger partial charge >= 0.3 is 11.9 Å². The molecule has 0 atom stereocenters. The first-order chi connectivity index (χ1) is 19.9. The average molecular weight is 698 g/mol. The van der Waals surface area contributed by atoms with E-state index in [4.69, 9.17) is 9.47 Å². The lowest BCUT2D eigenvalue weighted by Gasteiger charge is -2.30. The molecule has 4 aromatic carbocycles. The molecule has 0 aliphatic rings. The highest BCUT2D eigenvalue weighted by molar-refractivity contribution is 9.11. The van der Waals surface area contributed by atoms with Gasteiger partial charge in [-0.3, -0.25) is 20.2 Å². The van der Waals surface area contributed by atoms with Gasteiger partial charge in [-0.15, -0.1) is 0 Å². The van der Waals surface area contributed by atoms with Gasteiger partial charge in [-0.2, -0.15) is 0 Å². The number of hydrogen-bond acceptors (Lipinski definition) is 8. The first-order valence-corrected chi connectivity index (χ1v) is 14.0. The summed E-state index contributed by atoms with van der Waals surface area (Å²) in [5.41, 5.74) is 1.06. The van der Waals surface area contributed by atoms with E-state index < -0.39 is 27.2 Å². The summed E-state index contributed by atoms with van der Waals surface area (Å²) in [6, 6.07) is 22.0. The van der Waals surface area contributed by atoms with Gasteiger partial charge in [0.05, 0.1) is 29.9 Å². The van der Waals surface area contributed by atoms with Gasteiger partial charge in [-0.1, -0.05) is 38.1 Å². The Morgan fingerprint density at radius 3 is 1.36 bits per heavy atom. The van der Waals surface area contributed by atoms with E-state index in [1.54, 1.807) is 24.3 Å². The second-order valence-corrected chi connectivity index (χ2v) is 11.1. The number of esters is 2. The van der Waals surface area contributed by atoms with Crippen LogP contribution in [0.4, 0.5) is 11.4 Å². The van der Waals surface area contributed by atoms with E-state index in [2.05, 4.69) is 38.8 Å². The molecule has 0 amide bonds. The van der Waals surface area contributed by atoms with Crippen LogP contribution in [-0.2, 0) is 5.41 Å². The lowest BCUT2D eigenvalue weighted by atomic mass is 9.74. The Kier molecular flexibility index (Phi) is 9.17. The van der Waals surface area contributed by atoms with Crippen LogP contribution in [-0.4, -0.2) is 21.8 Å². The molecule has 12 heteroatoms. The highest BCUT2D eigenvalue weighted by Crippen LogP contribution is 2.37. The van der Waals surface area contributed by atoms with Crippen molar-refractivity contribution >= 4 is 55.2 Å². The van der Waals surface area contributed by atoms with Crippen LogP contribution in [0.3, 0.4) is 0 Å². The predicted molar refractivity (Wildman–Crippen MR) is 161 cm³/mol. The number of nitro groups is 2. The lowest BCUT2D eigenvalue weighted by Crippen LogP contribution is -2.22. The minimum Gasteiger partial charge on any atom is -0.423 e. The number of carbonyl (C=O) groups is 2. The highest BCUT2D eigenvalue weighted by Gasteiger charge is 2.27. The van der Waals surface area contributed by atoms with Crippen LogP contribution in [0.5, 0.6) is 11.5 Å². The number of hydrogen-bond donors (Lipinski definition) is 0. The first-order valence-electron chi connectivity index (χ1n) is 12.5. The van der Waals surface area contributed by atoms with Crippen molar-refractivity contribution in [3.63, 3.8) is 0 Å². The molecule has 214 valence electrons. The van der Waals surface area contributed by atoms with Gasteiger partial charge < -0.3 is 9.47 Å². The summed E-state index contributed by atoms with van der Waals surface area (Å²) in [5, 5.41) is 22.4. The summed E-state index contributed by atoms with van der Waals surface area (Å²) >= 11 is 6.19. The van der Waals surface area contributed by atoms with Crippen LogP contribution in [0.25, 0.3) is 0 Å². The van der Waals surface area contributed by atoms with Gasteiger partial charge in [0.25, 0.3) is 11.4 Å². The molecule has 0 spiro atoms. The Labute approximate surface area is 256 Å². The van der Waals surface area contributed by atoms with Crippen molar-refractivity contribution in [2.24, 2.45) is 0 Å². The molecule has 0 bridgehead atoms. The van der Waals surface area contributed by atoms with Crippen molar-refractivity contribution < 1.29 is 28.9 Å². The van der Waals surface area contributed by atoms with Gasteiger partial charge in [-0.25, -0.2) is 9.59 Å². The summed E-state index contributed by atoms with van der Waals surface area (Å²) < 4.78 is 11.4. The van der Waals surface area contributed by atoms with E-state index in [1.165, 1.54) is 24.3 Å². The number of benzene rings is 4. The van der Waals surface area contributed by atoms with Crippen LogP contribution >= 0.6 is 31.9 Å². The Morgan fingerprint density at radius 1 is 0.690 bits per heavy atom. The quantitative estimate of drug-likeness (QED) is 0.0738. The Bertz CT molecular complexity index is 1570. The van der Waals surface area contributed by atoms with E-state index in [-0.39, 0.29) is 42.9 Å². The Balaban J connectivity index is 1.48. The molecule has 4 rings (SSSR count). The number of nitrogens with zero attached hydrogens (tertiary/aromatic N) is 2. The largest absolute Gasteiger partial charge is 0.423 e. The minimum absolute atomic E-state index is 0.0477. The molecule has 0 aliphatic carbocycles. The van der Waals surface area contributed by atoms with E-state index >= 15 is 0 Å². The van der Waals surface area contributed by atoms with Gasteiger partial charge in [0.1, 0.15) is 11.5 Å². The normalized spacial score (nSPS) is 11.0. The average Bonchev–Trinajstić information content (AvgIpc) is 2.97. The monoisotopic (exact) mass is 696 g/mol. The molecule has 10 nitrogen and oxygen atoms in total. The fourth-order valence-electron chi connectivity index (χ4n) is 4.25. The second-order valence-electron chi connectivity index (χ2n) is 9.36. The summed E-state index contributed by atoms with van der Waals surface area (Å²) in [5.74, 6) is -0.884. The number of rotatable bonds is 9. The van der Waals surface area contributed by atoms with Gasteiger partial charge in [0.15, 0.2) is 0 Å².